The molecule has 1 atom stereocenters. The molecule has 106 valence electrons. The lowest BCUT2D eigenvalue weighted by Crippen LogP contribution is -2.29. The van der Waals surface area contributed by atoms with E-state index in [4.69, 9.17) is 15.0 Å². The number of furan rings is 1. The van der Waals surface area contributed by atoms with Crippen molar-refractivity contribution in [3.8, 4) is 5.75 Å². The number of benzene rings is 1. The Balaban J connectivity index is 1.92. The van der Waals surface area contributed by atoms with Gasteiger partial charge in [-0.3, -0.25) is 11.3 Å². The van der Waals surface area contributed by atoms with Crippen LogP contribution in [-0.4, -0.2) is 6.61 Å². The zero-order valence-corrected chi connectivity index (χ0v) is 13.8. The first-order valence-electron chi connectivity index (χ1n) is 6.32. The number of nitrogens with two attached hydrogens (primary N) is 1. The molecule has 1 aliphatic heterocycles. The summed E-state index contributed by atoms with van der Waals surface area (Å²) in [6, 6.07) is 6.08. The Hall–Kier alpha value is -0.820. The highest BCUT2D eigenvalue weighted by Gasteiger charge is 2.22. The minimum Gasteiger partial charge on any atom is -0.493 e. The average Bonchev–Trinajstić information content (AvgIpc) is 3.04. The SMILES string of the molecule is NNC(Cc1cc(Br)cc2c1OCC2)c1ccoc1Br. The van der Waals surface area contributed by atoms with Crippen molar-refractivity contribution in [1.82, 2.24) is 5.43 Å². The van der Waals surface area contributed by atoms with E-state index in [2.05, 4.69) is 49.4 Å². The summed E-state index contributed by atoms with van der Waals surface area (Å²) in [6.07, 6.45) is 3.33. The molecule has 0 saturated heterocycles. The van der Waals surface area contributed by atoms with E-state index in [0.29, 0.717) is 4.67 Å². The number of rotatable bonds is 4. The second-order valence-electron chi connectivity index (χ2n) is 4.72. The van der Waals surface area contributed by atoms with Crippen LogP contribution in [0.4, 0.5) is 0 Å². The molecule has 0 radical (unpaired) electrons. The van der Waals surface area contributed by atoms with Crippen molar-refractivity contribution in [2.45, 2.75) is 18.9 Å². The van der Waals surface area contributed by atoms with E-state index in [1.54, 1.807) is 6.26 Å². The van der Waals surface area contributed by atoms with Crippen molar-refractivity contribution >= 4 is 31.9 Å². The minimum absolute atomic E-state index is 0.0364. The lowest BCUT2D eigenvalue weighted by molar-refractivity contribution is 0.351. The molecule has 2 aromatic rings. The predicted molar refractivity (Wildman–Crippen MR) is 83.5 cm³/mol. The number of nitrogens with one attached hydrogen (secondary N) is 1. The van der Waals surface area contributed by atoms with Gasteiger partial charge < -0.3 is 9.15 Å². The summed E-state index contributed by atoms with van der Waals surface area (Å²) >= 11 is 6.95. The smallest absolute Gasteiger partial charge is 0.173 e. The van der Waals surface area contributed by atoms with Gasteiger partial charge >= 0.3 is 0 Å². The number of halogens is 2. The summed E-state index contributed by atoms with van der Waals surface area (Å²) in [7, 11) is 0. The van der Waals surface area contributed by atoms with Crippen LogP contribution in [-0.2, 0) is 12.8 Å². The third kappa shape index (κ3) is 2.65. The average molecular weight is 402 g/mol. The zero-order chi connectivity index (χ0) is 14.1. The summed E-state index contributed by atoms with van der Waals surface area (Å²) in [5.41, 5.74) is 6.23. The van der Waals surface area contributed by atoms with E-state index < -0.39 is 0 Å². The van der Waals surface area contributed by atoms with Crippen molar-refractivity contribution in [3.63, 3.8) is 0 Å². The Morgan fingerprint density at radius 2 is 2.20 bits per heavy atom. The summed E-state index contributed by atoms with van der Waals surface area (Å²) in [5, 5.41) is 0. The van der Waals surface area contributed by atoms with Crippen LogP contribution in [0.5, 0.6) is 5.75 Å². The van der Waals surface area contributed by atoms with Gasteiger partial charge in [0.1, 0.15) is 5.75 Å². The summed E-state index contributed by atoms with van der Waals surface area (Å²) in [6.45, 7) is 0.745. The maximum Gasteiger partial charge on any atom is 0.173 e. The molecule has 4 nitrogen and oxygen atoms in total. The van der Waals surface area contributed by atoms with E-state index in [1.165, 1.54) is 5.56 Å². The van der Waals surface area contributed by atoms with Crippen molar-refractivity contribution < 1.29 is 9.15 Å². The molecule has 0 amide bonds. The van der Waals surface area contributed by atoms with Crippen molar-refractivity contribution in [3.05, 3.63) is 50.3 Å². The fourth-order valence-electron chi connectivity index (χ4n) is 2.53. The van der Waals surface area contributed by atoms with Crippen LogP contribution >= 0.6 is 31.9 Å². The van der Waals surface area contributed by atoms with Crippen molar-refractivity contribution in [1.29, 1.82) is 0 Å². The summed E-state index contributed by atoms with van der Waals surface area (Å²) in [5.74, 6) is 6.69. The highest BCUT2D eigenvalue weighted by Crippen LogP contribution is 2.36. The summed E-state index contributed by atoms with van der Waals surface area (Å²) in [4.78, 5) is 0. The molecular weight excluding hydrogens is 388 g/mol. The van der Waals surface area contributed by atoms with Gasteiger partial charge in [-0.05, 0) is 51.7 Å². The Morgan fingerprint density at radius 3 is 2.90 bits per heavy atom. The first kappa shape index (κ1) is 14.1. The minimum atomic E-state index is -0.0364. The van der Waals surface area contributed by atoms with Crippen LogP contribution in [0.2, 0.25) is 0 Å². The van der Waals surface area contributed by atoms with Gasteiger partial charge in [-0.25, -0.2) is 0 Å². The number of hydrazine groups is 1. The second-order valence-corrected chi connectivity index (χ2v) is 6.36. The van der Waals surface area contributed by atoms with Gasteiger partial charge in [0.25, 0.3) is 0 Å². The van der Waals surface area contributed by atoms with E-state index >= 15 is 0 Å². The van der Waals surface area contributed by atoms with Crippen LogP contribution in [0.3, 0.4) is 0 Å². The van der Waals surface area contributed by atoms with E-state index in [0.717, 1.165) is 40.8 Å². The first-order chi connectivity index (χ1) is 9.69. The molecule has 1 aliphatic rings. The topological polar surface area (TPSA) is 60.4 Å². The Morgan fingerprint density at radius 1 is 1.35 bits per heavy atom. The molecule has 20 heavy (non-hydrogen) atoms. The van der Waals surface area contributed by atoms with E-state index in [1.807, 2.05) is 6.07 Å². The number of ether oxygens (including phenoxy) is 1. The number of hydrogen-bond donors (Lipinski definition) is 2. The highest BCUT2D eigenvalue weighted by molar-refractivity contribution is 9.10. The highest BCUT2D eigenvalue weighted by atomic mass is 79.9. The first-order valence-corrected chi connectivity index (χ1v) is 7.90. The maximum absolute atomic E-state index is 5.75. The third-order valence-corrected chi connectivity index (χ3v) is 4.57. The number of fused-ring (bicyclic) bond motifs is 1. The fraction of sp³-hybridized carbons (Fsp3) is 0.286. The van der Waals surface area contributed by atoms with Gasteiger partial charge in [-0.2, -0.15) is 0 Å². The molecule has 0 bridgehead atoms. The number of hydrogen-bond acceptors (Lipinski definition) is 4. The van der Waals surface area contributed by atoms with Gasteiger partial charge in [0.05, 0.1) is 18.9 Å². The zero-order valence-electron chi connectivity index (χ0n) is 10.7. The van der Waals surface area contributed by atoms with Crippen molar-refractivity contribution in [2.75, 3.05) is 6.61 Å². The molecule has 2 heterocycles. The van der Waals surface area contributed by atoms with E-state index in [9.17, 15) is 0 Å². The standard InChI is InChI=1S/C14H14Br2N2O2/c15-10-5-8-1-3-19-13(8)9(6-10)7-12(18-17)11-2-4-20-14(11)16/h2,4-6,12,18H,1,3,7,17H2. The van der Waals surface area contributed by atoms with Crippen LogP contribution in [0.1, 0.15) is 22.7 Å². The molecule has 3 N–H and O–H groups in total. The molecule has 1 unspecified atom stereocenters. The van der Waals surface area contributed by atoms with Gasteiger partial charge in [0.15, 0.2) is 4.67 Å². The molecule has 0 spiro atoms. The second kappa shape index (κ2) is 5.89. The lowest BCUT2D eigenvalue weighted by Gasteiger charge is -2.17. The summed E-state index contributed by atoms with van der Waals surface area (Å²) < 4.78 is 12.8. The molecular formula is C14H14Br2N2O2. The molecule has 6 heteroatoms. The molecule has 1 aromatic heterocycles. The van der Waals surface area contributed by atoms with Crippen LogP contribution in [0, 0.1) is 0 Å². The fourth-order valence-corrected chi connectivity index (χ4v) is 3.60. The van der Waals surface area contributed by atoms with Gasteiger partial charge in [-0.15, -0.1) is 0 Å². The molecule has 0 fully saturated rings. The van der Waals surface area contributed by atoms with Gasteiger partial charge in [0.2, 0.25) is 0 Å². The normalized spacial score (nSPS) is 14.9. The molecule has 3 rings (SSSR count). The molecule has 0 saturated carbocycles. The monoisotopic (exact) mass is 400 g/mol. The van der Waals surface area contributed by atoms with Crippen LogP contribution in [0.15, 0.2) is 38.0 Å². The molecule has 0 aliphatic carbocycles. The van der Waals surface area contributed by atoms with Crippen LogP contribution in [0.25, 0.3) is 0 Å². The van der Waals surface area contributed by atoms with E-state index in [-0.39, 0.29) is 6.04 Å². The van der Waals surface area contributed by atoms with Crippen molar-refractivity contribution in [2.24, 2.45) is 5.84 Å². The van der Waals surface area contributed by atoms with Gasteiger partial charge in [-0.1, -0.05) is 15.9 Å². The Labute approximate surface area is 133 Å². The Bertz CT molecular complexity index is 628. The lowest BCUT2D eigenvalue weighted by atomic mass is 9.99. The quantitative estimate of drug-likeness (QED) is 0.608. The van der Waals surface area contributed by atoms with Gasteiger partial charge in [0, 0.05) is 16.5 Å². The Kier molecular flexibility index (Phi) is 4.16. The molecule has 1 aromatic carbocycles. The predicted octanol–water partition coefficient (Wildman–Crippen LogP) is 3.49. The van der Waals surface area contributed by atoms with Crippen LogP contribution < -0.4 is 16.0 Å². The third-order valence-electron chi connectivity index (χ3n) is 3.47. The largest absolute Gasteiger partial charge is 0.493 e. The maximum atomic E-state index is 5.75.